The first-order valence-electron chi connectivity index (χ1n) is 6.39. The predicted molar refractivity (Wildman–Crippen MR) is 71.3 cm³/mol. The average molecular weight is 225 g/mol. The zero-order valence-electron chi connectivity index (χ0n) is 11.5. The van der Waals surface area contributed by atoms with Gasteiger partial charge in [0.25, 0.3) is 0 Å². The molecular formula is C13H27N3. The van der Waals surface area contributed by atoms with Crippen LogP contribution in [0.1, 0.15) is 26.7 Å². The summed E-state index contributed by atoms with van der Waals surface area (Å²) in [6, 6.07) is 0.656. The minimum absolute atomic E-state index is 0.639. The second-order valence-corrected chi connectivity index (χ2v) is 5.42. The molecule has 16 heavy (non-hydrogen) atoms. The van der Waals surface area contributed by atoms with E-state index in [2.05, 4.69) is 44.8 Å². The van der Waals surface area contributed by atoms with Gasteiger partial charge in [0.15, 0.2) is 0 Å². The van der Waals surface area contributed by atoms with Crippen LogP contribution < -0.4 is 0 Å². The third-order valence-corrected chi connectivity index (χ3v) is 3.47. The van der Waals surface area contributed by atoms with Crippen LogP contribution in [0.25, 0.3) is 0 Å². The lowest BCUT2D eigenvalue weighted by atomic mass is 9.93. The van der Waals surface area contributed by atoms with Crippen LogP contribution >= 0.6 is 0 Å². The summed E-state index contributed by atoms with van der Waals surface area (Å²) >= 11 is 0. The Morgan fingerprint density at radius 3 is 2.69 bits per heavy atom. The highest BCUT2D eigenvalue weighted by molar-refractivity contribution is 5.87. The molecule has 0 aromatic heterocycles. The van der Waals surface area contributed by atoms with Crippen LogP contribution in [-0.4, -0.2) is 62.3 Å². The van der Waals surface area contributed by atoms with E-state index >= 15 is 0 Å². The summed E-state index contributed by atoms with van der Waals surface area (Å²) in [7, 11) is 6.45. The van der Waals surface area contributed by atoms with Gasteiger partial charge in [-0.25, -0.2) is 0 Å². The van der Waals surface area contributed by atoms with E-state index in [1.807, 2.05) is 0 Å². The Hall–Kier alpha value is -0.410. The van der Waals surface area contributed by atoms with Gasteiger partial charge in [-0.2, -0.15) is 0 Å². The van der Waals surface area contributed by atoms with Crippen LogP contribution in [0, 0.1) is 5.92 Å². The largest absolute Gasteiger partial charge is 0.309 e. The van der Waals surface area contributed by atoms with Crippen LogP contribution in [0.4, 0.5) is 0 Å². The molecule has 0 saturated carbocycles. The molecule has 0 unspecified atom stereocenters. The monoisotopic (exact) mass is 225 g/mol. The maximum absolute atomic E-state index is 4.78. The maximum atomic E-state index is 4.78. The molecule has 2 atom stereocenters. The van der Waals surface area contributed by atoms with E-state index < -0.39 is 0 Å². The normalized spacial score (nSPS) is 30.2. The van der Waals surface area contributed by atoms with E-state index in [9.17, 15) is 0 Å². The van der Waals surface area contributed by atoms with Crippen LogP contribution in [-0.2, 0) is 0 Å². The van der Waals surface area contributed by atoms with Crippen molar-refractivity contribution in [3.05, 3.63) is 0 Å². The molecule has 1 aliphatic rings. The summed E-state index contributed by atoms with van der Waals surface area (Å²) in [5, 5.41) is 0. The molecule has 3 nitrogen and oxygen atoms in total. The van der Waals surface area contributed by atoms with E-state index in [0.29, 0.717) is 12.0 Å². The highest BCUT2D eigenvalue weighted by Gasteiger charge is 2.24. The van der Waals surface area contributed by atoms with Crippen molar-refractivity contribution in [3.63, 3.8) is 0 Å². The van der Waals surface area contributed by atoms with Crippen molar-refractivity contribution in [1.29, 1.82) is 0 Å². The molecule has 1 fully saturated rings. The highest BCUT2D eigenvalue weighted by Crippen LogP contribution is 2.18. The van der Waals surface area contributed by atoms with E-state index in [1.54, 1.807) is 0 Å². The molecule has 0 radical (unpaired) electrons. The van der Waals surface area contributed by atoms with Crippen molar-refractivity contribution < 1.29 is 0 Å². The molecule has 0 aromatic carbocycles. The van der Waals surface area contributed by atoms with Crippen LogP contribution in [0.3, 0.4) is 0 Å². The molecule has 1 aliphatic heterocycles. The van der Waals surface area contributed by atoms with E-state index in [1.165, 1.54) is 12.1 Å². The zero-order chi connectivity index (χ0) is 12.1. The molecular weight excluding hydrogens is 198 g/mol. The molecule has 1 heterocycles. The van der Waals surface area contributed by atoms with Gasteiger partial charge in [-0.1, -0.05) is 6.92 Å². The Balaban J connectivity index is 2.37. The topological polar surface area (TPSA) is 18.8 Å². The van der Waals surface area contributed by atoms with E-state index in [4.69, 9.17) is 4.99 Å². The minimum Gasteiger partial charge on any atom is -0.309 e. The Labute approximate surface area is 101 Å². The summed E-state index contributed by atoms with van der Waals surface area (Å²) < 4.78 is 0. The van der Waals surface area contributed by atoms with E-state index in [-0.39, 0.29) is 0 Å². The van der Waals surface area contributed by atoms with Gasteiger partial charge < -0.3 is 9.80 Å². The van der Waals surface area contributed by atoms with Crippen molar-refractivity contribution in [2.75, 3.05) is 40.8 Å². The summed E-state index contributed by atoms with van der Waals surface area (Å²) in [5.41, 5.74) is 1.43. The summed E-state index contributed by atoms with van der Waals surface area (Å²) in [4.78, 5) is 9.44. The predicted octanol–water partition coefficient (Wildman–Crippen LogP) is 1.74. The second-order valence-electron chi connectivity index (χ2n) is 5.42. The van der Waals surface area contributed by atoms with Gasteiger partial charge >= 0.3 is 0 Å². The van der Waals surface area contributed by atoms with Crippen molar-refractivity contribution in [3.8, 4) is 0 Å². The fourth-order valence-corrected chi connectivity index (χ4v) is 2.21. The third kappa shape index (κ3) is 4.22. The molecule has 0 amide bonds. The van der Waals surface area contributed by atoms with Crippen LogP contribution in [0.2, 0.25) is 0 Å². The Kier molecular flexibility index (Phi) is 5.42. The number of aliphatic imine (C=N–C) groups is 1. The molecule has 0 aromatic rings. The Morgan fingerprint density at radius 1 is 1.38 bits per heavy atom. The smallest absolute Gasteiger partial charge is 0.0401 e. The van der Waals surface area contributed by atoms with Crippen LogP contribution in [0.15, 0.2) is 4.99 Å². The van der Waals surface area contributed by atoms with Gasteiger partial charge in [0, 0.05) is 37.2 Å². The molecule has 0 N–H and O–H groups in total. The number of hydrogen-bond acceptors (Lipinski definition) is 3. The average Bonchev–Trinajstić information content (AvgIpc) is 2.19. The zero-order valence-corrected chi connectivity index (χ0v) is 11.5. The van der Waals surface area contributed by atoms with Gasteiger partial charge in [0.2, 0.25) is 0 Å². The first kappa shape index (κ1) is 13.7. The minimum atomic E-state index is 0.639. The summed E-state index contributed by atoms with van der Waals surface area (Å²) in [5.74, 6) is 0.639. The van der Waals surface area contributed by atoms with Gasteiger partial charge in [-0.15, -0.1) is 0 Å². The van der Waals surface area contributed by atoms with E-state index in [0.717, 1.165) is 26.1 Å². The van der Waals surface area contributed by atoms with Crippen molar-refractivity contribution in [2.45, 2.75) is 32.7 Å². The molecule has 3 heteroatoms. The first-order chi connectivity index (χ1) is 7.50. The lowest BCUT2D eigenvalue weighted by Crippen LogP contribution is -2.43. The molecule has 1 rings (SSSR count). The molecule has 0 bridgehead atoms. The van der Waals surface area contributed by atoms with Crippen molar-refractivity contribution in [1.82, 2.24) is 9.80 Å². The van der Waals surface area contributed by atoms with Crippen molar-refractivity contribution in [2.24, 2.45) is 10.9 Å². The number of piperidine rings is 1. The number of nitrogens with zero attached hydrogens (tertiary/aromatic N) is 3. The fraction of sp³-hybridized carbons (Fsp3) is 0.923. The summed E-state index contributed by atoms with van der Waals surface area (Å²) in [6.45, 7) is 7.89. The highest BCUT2D eigenvalue weighted by atomic mass is 15.1. The maximum Gasteiger partial charge on any atom is 0.0401 e. The summed E-state index contributed by atoms with van der Waals surface area (Å²) in [6.07, 6.45) is 2.33. The quantitative estimate of drug-likeness (QED) is 0.679. The fourth-order valence-electron chi connectivity index (χ4n) is 2.21. The third-order valence-electron chi connectivity index (χ3n) is 3.47. The van der Waals surface area contributed by atoms with Crippen molar-refractivity contribution >= 4 is 5.71 Å². The molecule has 0 spiro atoms. The number of hydrogen-bond donors (Lipinski definition) is 0. The van der Waals surface area contributed by atoms with Gasteiger partial charge in [-0.3, -0.25) is 4.99 Å². The molecule has 0 aliphatic carbocycles. The first-order valence-corrected chi connectivity index (χ1v) is 6.39. The number of likely N-dealkylation sites (tertiary alicyclic amines) is 1. The Morgan fingerprint density at radius 2 is 2.06 bits per heavy atom. The lowest BCUT2D eigenvalue weighted by Gasteiger charge is -2.34. The van der Waals surface area contributed by atoms with Crippen LogP contribution in [0.5, 0.6) is 0 Å². The second kappa shape index (κ2) is 6.36. The van der Waals surface area contributed by atoms with Gasteiger partial charge in [0.1, 0.15) is 0 Å². The Bertz CT molecular complexity index is 235. The standard InChI is InChI=1S/C13H27N3/c1-11-10-16(5)12(2)9-13(11)14-7-6-8-15(3)4/h11-12H,6-10H2,1-5H3/t11-,12-/m0/s1. The SMILES string of the molecule is C[C@H]1CN(C)[C@@H](C)CC1=NCCCN(C)C. The molecule has 94 valence electrons. The van der Waals surface area contributed by atoms with Gasteiger partial charge in [-0.05, 0) is 41.0 Å². The van der Waals surface area contributed by atoms with Gasteiger partial charge in [0.05, 0.1) is 0 Å². The molecule has 1 saturated heterocycles. The lowest BCUT2D eigenvalue weighted by molar-refractivity contribution is 0.225. The number of rotatable bonds is 4.